The van der Waals surface area contributed by atoms with Crippen molar-refractivity contribution in [3.05, 3.63) is 34.4 Å². The van der Waals surface area contributed by atoms with E-state index < -0.39 is 12.0 Å². The molecule has 7 heteroatoms. The van der Waals surface area contributed by atoms with Gasteiger partial charge in [-0.15, -0.1) is 0 Å². The fraction of sp³-hybridized carbons (Fsp3) is 0.286. The van der Waals surface area contributed by atoms with E-state index in [1.807, 2.05) is 18.2 Å². The van der Waals surface area contributed by atoms with Crippen LogP contribution in [0.15, 0.2) is 28.7 Å². The van der Waals surface area contributed by atoms with E-state index in [2.05, 4.69) is 20.9 Å². The molecule has 0 saturated carbocycles. The predicted molar refractivity (Wildman–Crippen MR) is 79.3 cm³/mol. The Bertz CT molecular complexity index is 712. The smallest absolute Gasteiger partial charge is 0.328 e. The molecule has 1 aromatic heterocycles. The van der Waals surface area contributed by atoms with E-state index in [9.17, 15) is 14.7 Å². The van der Waals surface area contributed by atoms with Crippen molar-refractivity contribution in [2.24, 2.45) is 0 Å². The number of amides is 1. The molecule has 1 amide bonds. The van der Waals surface area contributed by atoms with Crippen molar-refractivity contribution in [2.75, 3.05) is 19.8 Å². The molecule has 0 bridgehead atoms. The maximum Gasteiger partial charge on any atom is 0.328 e. The number of rotatable bonds is 2. The lowest BCUT2D eigenvalue weighted by Crippen LogP contribution is -2.52. The molecule has 1 fully saturated rings. The van der Waals surface area contributed by atoms with E-state index in [1.54, 1.807) is 6.07 Å². The molecule has 0 aliphatic carbocycles. The van der Waals surface area contributed by atoms with Gasteiger partial charge in [0.05, 0.1) is 13.2 Å². The van der Waals surface area contributed by atoms with Crippen LogP contribution in [0.25, 0.3) is 10.9 Å². The number of nitrogens with zero attached hydrogens (tertiary/aromatic N) is 1. The molecule has 1 atom stereocenters. The number of hydrogen-bond donors (Lipinski definition) is 2. The number of carboxylic acids is 1. The summed E-state index contributed by atoms with van der Waals surface area (Å²) >= 11 is 3.38. The molecule has 1 aromatic carbocycles. The lowest BCUT2D eigenvalue weighted by Gasteiger charge is -2.32. The minimum atomic E-state index is -1.05. The van der Waals surface area contributed by atoms with Gasteiger partial charge >= 0.3 is 5.97 Å². The average Bonchev–Trinajstić information content (AvgIpc) is 2.89. The highest BCUT2D eigenvalue weighted by atomic mass is 79.9. The molecule has 21 heavy (non-hydrogen) atoms. The van der Waals surface area contributed by atoms with Crippen LogP contribution in [0.3, 0.4) is 0 Å². The first-order valence-corrected chi connectivity index (χ1v) is 7.25. The number of carboxylic acid groups (broad SMARTS) is 1. The second-order valence-corrected chi connectivity index (χ2v) is 5.76. The van der Waals surface area contributed by atoms with Gasteiger partial charge in [0.25, 0.3) is 5.91 Å². The molecule has 3 rings (SSSR count). The van der Waals surface area contributed by atoms with Crippen LogP contribution in [0.1, 0.15) is 10.5 Å². The molecular formula is C14H13BrN2O4. The highest BCUT2D eigenvalue weighted by Gasteiger charge is 2.33. The van der Waals surface area contributed by atoms with Gasteiger partial charge in [-0.3, -0.25) is 4.79 Å². The Kier molecular flexibility index (Phi) is 3.69. The zero-order valence-electron chi connectivity index (χ0n) is 11.0. The molecule has 2 N–H and O–H groups in total. The second kappa shape index (κ2) is 5.50. The lowest BCUT2D eigenvalue weighted by atomic mass is 10.2. The summed E-state index contributed by atoms with van der Waals surface area (Å²) in [5.74, 6) is -1.38. The van der Waals surface area contributed by atoms with Gasteiger partial charge in [0.2, 0.25) is 0 Å². The number of H-pyrrole nitrogens is 1. The Hall–Kier alpha value is -1.86. The maximum absolute atomic E-state index is 12.5. The quantitative estimate of drug-likeness (QED) is 0.863. The van der Waals surface area contributed by atoms with Gasteiger partial charge in [-0.25, -0.2) is 4.79 Å². The SMILES string of the molecule is O=C(O)[C@H]1COCCN1C(=O)c1cc2cc(Br)ccc2[nH]1. The third kappa shape index (κ3) is 2.66. The summed E-state index contributed by atoms with van der Waals surface area (Å²) < 4.78 is 6.06. The van der Waals surface area contributed by atoms with Crippen LogP contribution in [0, 0.1) is 0 Å². The third-order valence-electron chi connectivity index (χ3n) is 3.49. The number of fused-ring (bicyclic) bond motifs is 1. The minimum absolute atomic E-state index is 0.0207. The van der Waals surface area contributed by atoms with Gasteiger partial charge in [0.1, 0.15) is 5.69 Å². The Morgan fingerprint density at radius 2 is 2.19 bits per heavy atom. The van der Waals surface area contributed by atoms with E-state index in [1.165, 1.54) is 4.90 Å². The van der Waals surface area contributed by atoms with Crippen LogP contribution < -0.4 is 0 Å². The van der Waals surface area contributed by atoms with Crippen molar-refractivity contribution in [3.8, 4) is 0 Å². The summed E-state index contributed by atoms with van der Waals surface area (Å²) in [7, 11) is 0. The predicted octanol–water partition coefficient (Wildman–Crippen LogP) is 1.86. The number of nitrogens with one attached hydrogen (secondary N) is 1. The van der Waals surface area contributed by atoms with Crippen molar-refractivity contribution in [2.45, 2.75) is 6.04 Å². The van der Waals surface area contributed by atoms with E-state index in [-0.39, 0.29) is 19.1 Å². The number of aliphatic carboxylic acids is 1. The first-order chi connectivity index (χ1) is 10.1. The van der Waals surface area contributed by atoms with Crippen molar-refractivity contribution in [1.82, 2.24) is 9.88 Å². The van der Waals surface area contributed by atoms with E-state index in [0.717, 1.165) is 15.4 Å². The zero-order chi connectivity index (χ0) is 15.0. The van der Waals surface area contributed by atoms with Gasteiger partial charge in [-0.05, 0) is 24.3 Å². The number of aromatic amines is 1. The summed E-state index contributed by atoms with van der Waals surface area (Å²) in [5, 5.41) is 10.1. The molecule has 2 aromatic rings. The molecule has 1 aliphatic heterocycles. The van der Waals surface area contributed by atoms with Crippen LogP contribution in [-0.4, -0.2) is 52.7 Å². The highest BCUT2D eigenvalue weighted by molar-refractivity contribution is 9.10. The Balaban J connectivity index is 1.93. The normalized spacial score (nSPS) is 18.9. The molecule has 110 valence electrons. The van der Waals surface area contributed by atoms with Crippen LogP contribution >= 0.6 is 15.9 Å². The first kappa shape index (κ1) is 14.1. The standard InChI is InChI=1S/C14H13BrN2O4/c15-9-1-2-10-8(5-9)6-11(16-10)13(18)17-3-4-21-7-12(17)14(19)20/h1-2,5-6,12,16H,3-4,7H2,(H,19,20)/t12-/m1/s1. The fourth-order valence-electron chi connectivity index (χ4n) is 2.42. The summed E-state index contributed by atoms with van der Waals surface area (Å²) in [6, 6.07) is 6.43. The molecule has 6 nitrogen and oxygen atoms in total. The van der Waals surface area contributed by atoms with Crippen LogP contribution in [0.2, 0.25) is 0 Å². The summed E-state index contributed by atoms with van der Waals surface area (Å²) in [5.41, 5.74) is 1.22. The largest absolute Gasteiger partial charge is 0.480 e. The van der Waals surface area contributed by atoms with E-state index >= 15 is 0 Å². The third-order valence-corrected chi connectivity index (χ3v) is 3.98. The van der Waals surface area contributed by atoms with Gasteiger partial charge in [-0.2, -0.15) is 0 Å². The molecule has 0 unspecified atom stereocenters. The monoisotopic (exact) mass is 352 g/mol. The number of carbonyl (C=O) groups excluding carboxylic acids is 1. The molecule has 1 aliphatic rings. The van der Waals surface area contributed by atoms with Gasteiger partial charge in [0.15, 0.2) is 6.04 Å². The summed E-state index contributed by atoms with van der Waals surface area (Å²) in [6.07, 6.45) is 0. The average molecular weight is 353 g/mol. The number of halogens is 1. The second-order valence-electron chi connectivity index (χ2n) is 4.84. The van der Waals surface area contributed by atoms with Crippen LogP contribution in [0.5, 0.6) is 0 Å². The Morgan fingerprint density at radius 1 is 1.38 bits per heavy atom. The van der Waals surface area contributed by atoms with E-state index in [0.29, 0.717) is 12.3 Å². The number of morpholine rings is 1. The summed E-state index contributed by atoms with van der Waals surface area (Å²) in [6.45, 7) is 0.642. The van der Waals surface area contributed by atoms with Gasteiger partial charge in [0, 0.05) is 21.9 Å². The van der Waals surface area contributed by atoms with Crippen molar-refractivity contribution in [3.63, 3.8) is 0 Å². The summed E-state index contributed by atoms with van der Waals surface area (Å²) in [4.78, 5) is 28.1. The Labute approximate surface area is 128 Å². The molecule has 0 radical (unpaired) electrons. The van der Waals surface area contributed by atoms with Crippen molar-refractivity contribution >= 4 is 38.7 Å². The first-order valence-electron chi connectivity index (χ1n) is 6.46. The topological polar surface area (TPSA) is 82.6 Å². The van der Waals surface area contributed by atoms with Crippen molar-refractivity contribution in [1.29, 1.82) is 0 Å². The number of ether oxygens (including phenoxy) is 1. The highest BCUT2D eigenvalue weighted by Crippen LogP contribution is 2.22. The Morgan fingerprint density at radius 3 is 2.95 bits per heavy atom. The van der Waals surface area contributed by atoms with Gasteiger partial charge in [-0.1, -0.05) is 15.9 Å². The zero-order valence-corrected chi connectivity index (χ0v) is 12.6. The number of benzene rings is 1. The van der Waals surface area contributed by atoms with Crippen molar-refractivity contribution < 1.29 is 19.4 Å². The molecular weight excluding hydrogens is 340 g/mol. The van der Waals surface area contributed by atoms with Crippen LogP contribution in [-0.2, 0) is 9.53 Å². The van der Waals surface area contributed by atoms with Gasteiger partial charge < -0.3 is 19.7 Å². The number of carbonyl (C=O) groups is 2. The van der Waals surface area contributed by atoms with E-state index in [4.69, 9.17) is 4.74 Å². The lowest BCUT2D eigenvalue weighted by molar-refractivity contribution is -0.147. The molecule has 2 heterocycles. The molecule has 1 saturated heterocycles. The maximum atomic E-state index is 12.5. The minimum Gasteiger partial charge on any atom is -0.480 e. The number of hydrogen-bond acceptors (Lipinski definition) is 3. The number of aromatic nitrogens is 1. The molecule has 0 spiro atoms. The fourth-order valence-corrected chi connectivity index (χ4v) is 2.80. The van der Waals surface area contributed by atoms with Crippen LogP contribution in [0.4, 0.5) is 0 Å².